The maximum absolute atomic E-state index is 13.5. The lowest BCUT2D eigenvalue weighted by Gasteiger charge is -2.02. The highest BCUT2D eigenvalue weighted by Gasteiger charge is 2.06. The second kappa shape index (κ2) is 4.55. The molecule has 1 aromatic carbocycles. The Labute approximate surface area is 103 Å². The van der Waals surface area contributed by atoms with Crippen LogP contribution in [0.5, 0.6) is 0 Å². The summed E-state index contributed by atoms with van der Waals surface area (Å²) in [6.45, 7) is 0. The van der Waals surface area contributed by atoms with E-state index in [0.29, 0.717) is 9.05 Å². The van der Waals surface area contributed by atoms with Crippen LogP contribution in [0.1, 0.15) is 5.56 Å². The van der Waals surface area contributed by atoms with Crippen molar-refractivity contribution in [1.29, 1.82) is 5.26 Å². The van der Waals surface area contributed by atoms with Gasteiger partial charge in [-0.05, 0) is 34.1 Å². The largest absolute Gasteiger partial charge is 0.328 e. The number of halogens is 2. The van der Waals surface area contributed by atoms with Crippen molar-refractivity contribution in [3.05, 3.63) is 33.5 Å². The quantitative estimate of drug-likeness (QED) is 0.925. The number of rotatable bonds is 2. The first-order valence-corrected chi connectivity index (χ1v) is 5.75. The Morgan fingerprint density at radius 2 is 2.25 bits per heavy atom. The molecule has 0 atom stereocenters. The standard InChI is InChI=1S/C9H4BrFN4S/c10-8-14-15-9(16-8)13-7-2-1-5(4-12)3-6(7)11/h1-3H,(H,13,15). The van der Waals surface area contributed by atoms with Gasteiger partial charge in [0.1, 0.15) is 5.82 Å². The van der Waals surface area contributed by atoms with E-state index in [2.05, 4.69) is 31.4 Å². The monoisotopic (exact) mass is 298 g/mol. The summed E-state index contributed by atoms with van der Waals surface area (Å²) in [5.41, 5.74) is 0.546. The van der Waals surface area contributed by atoms with E-state index < -0.39 is 5.82 Å². The molecule has 0 aliphatic rings. The normalized spacial score (nSPS) is 9.81. The molecule has 7 heteroatoms. The summed E-state index contributed by atoms with van der Waals surface area (Å²) in [6, 6.07) is 6.05. The van der Waals surface area contributed by atoms with Crippen LogP contribution < -0.4 is 5.32 Å². The minimum Gasteiger partial charge on any atom is -0.328 e. The Morgan fingerprint density at radius 1 is 1.44 bits per heavy atom. The van der Waals surface area contributed by atoms with E-state index in [-0.39, 0.29) is 11.3 Å². The van der Waals surface area contributed by atoms with Gasteiger partial charge in [-0.3, -0.25) is 0 Å². The van der Waals surface area contributed by atoms with Crippen LogP contribution in [0.15, 0.2) is 22.1 Å². The van der Waals surface area contributed by atoms with Gasteiger partial charge in [0, 0.05) is 0 Å². The highest BCUT2D eigenvalue weighted by atomic mass is 79.9. The van der Waals surface area contributed by atoms with E-state index in [9.17, 15) is 4.39 Å². The summed E-state index contributed by atoms with van der Waals surface area (Å²) in [6.07, 6.45) is 0. The molecule has 0 unspecified atom stereocenters. The van der Waals surface area contributed by atoms with Crippen molar-refractivity contribution >= 4 is 38.1 Å². The zero-order valence-corrected chi connectivity index (χ0v) is 10.1. The zero-order valence-electron chi connectivity index (χ0n) is 7.74. The topological polar surface area (TPSA) is 61.6 Å². The van der Waals surface area contributed by atoms with Gasteiger partial charge in [0.05, 0.1) is 17.3 Å². The molecule has 1 heterocycles. The van der Waals surface area contributed by atoms with Crippen molar-refractivity contribution in [1.82, 2.24) is 10.2 Å². The zero-order chi connectivity index (χ0) is 11.5. The molecule has 0 aliphatic carbocycles. The Bertz CT molecular complexity index is 563. The SMILES string of the molecule is N#Cc1ccc(Nc2nnc(Br)s2)c(F)c1. The first kappa shape index (κ1) is 11.0. The van der Waals surface area contributed by atoms with Gasteiger partial charge in [-0.25, -0.2) is 4.39 Å². The summed E-state index contributed by atoms with van der Waals surface area (Å²) >= 11 is 4.41. The van der Waals surface area contributed by atoms with Gasteiger partial charge in [-0.2, -0.15) is 5.26 Å². The molecule has 0 saturated carbocycles. The van der Waals surface area contributed by atoms with Gasteiger partial charge >= 0.3 is 0 Å². The van der Waals surface area contributed by atoms with Gasteiger partial charge in [-0.15, -0.1) is 10.2 Å². The van der Waals surface area contributed by atoms with Crippen LogP contribution in [0.4, 0.5) is 15.2 Å². The molecule has 16 heavy (non-hydrogen) atoms. The van der Waals surface area contributed by atoms with Gasteiger partial charge in [-0.1, -0.05) is 11.3 Å². The number of anilines is 2. The molecule has 0 amide bonds. The molecule has 0 radical (unpaired) electrons. The summed E-state index contributed by atoms with van der Waals surface area (Å²) < 4.78 is 14.1. The Balaban J connectivity index is 2.26. The third-order valence-electron chi connectivity index (χ3n) is 1.74. The van der Waals surface area contributed by atoms with Gasteiger partial charge in [0.2, 0.25) is 5.13 Å². The van der Waals surface area contributed by atoms with E-state index in [1.54, 1.807) is 0 Å². The molecule has 0 spiro atoms. The van der Waals surface area contributed by atoms with Gasteiger partial charge < -0.3 is 5.32 Å². The predicted octanol–water partition coefficient (Wildman–Crippen LogP) is 3.05. The minimum absolute atomic E-state index is 0.266. The number of nitriles is 1. The fourth-order valence-corrected chi connectivity index (χ4v) is 2.08. The lowest BCUT2D eigenvalue weighted by Crippen LogP contribution is -1.93. The van der Waals surface area contributed by atoms with Crippen LogP contribution in [0, 0.1) is 17.1 Å². The summed E-state index contributed by atoms with van der Waals surface area (Å²) in [4.78, 5) is 0. The first-order valence-electron chi connectivity index (χ1n) is 4.15. The minimum atomic E-state index is -0.495. The molecule has 0 fully saturated rings. The van der Waals surface area contributed by atoms with Crippen LogP contribution in [0.2, 0.25) is 0 Å². The van der Waals surface area contributed by atoms with Crippen LogP contribution in [-0.4, -0.2) is 10.2 Å². The third-order valence-corrected chi connectivity index (χ3v) is 3.01. The number of nitrogens with one attached hydrogen (secondary N) is 1. The van der Waals surface area contributed by atoms with Crippen LogP contribution in [-0.2, 0) is 0 Å². The smallest absolute Gasteiger partial charge is 0.210 e. The van der Waals surface area contributed by atoms with E-state index >= 15 is 0 Å². The maximum Gasteiger partial charge on any atom is 0.210 e. The van der Waals surface area contributed by atoms with Crippen LogP contribution in [0.3, 0.4) is 0 Å². The lowest BCUT2D eigenvalue weighted by molar-refractivity contribution is 0.631. The second-order valence-electron chi connectivity index (χ2n) is 2.79. The molecule has 4 nitrogen and oxygen atoms in total. The first-order chi connectivity index (χ1) is 7.69. The Hall–Kier alpha value is -1.52. The van der Waals surface area contributed by atoms with Crippen LogP contribution in [0.25, 0.3) is 0 Å². The number of nitrogens with zero attached hydrogens (tertiary/aromatic N) is 3. The number of hydrogen-bond acceptors (Lipinski definition) is 5. The van der Waals surface area contributed by atoms with E-state index in [1.807, 2.05) is 6.07 Å². The molecule has 2 aromatic rings. The molecule has 80 valence electrons. The molecule has 0 saturated heterocycles. The van der Waals surface area contributed by atoms with Crippen molar-refractivity contribution < 1.29 is 4.39 Å². The summed E-state index contributed by atoms with van der Waals surface area (Å²) in [5.74, 6) is -0.495. The van der Waals surface area contributed by atoms with Crippen molar-refractivity contribution in [2.45, 2.75) is 0 Å². The molecule has 0 bridgehead atoms. The van der Waals surface area contributed by atoms with Gasteiger partial charge in [0.15, 0.2) is 3.92 Å². The Kier molecular flexibility index (Phi) is 3.12. The van der Waals surface area contributed by atoms with Crippen molar-refractivity contribution in [3.8, 4) is 6.07 Å². The Morgan fingerprint density at radius 3 is 2.81 bits per heavy atom. The van der Waals surface area contributed by atoms with Crippen molar-refractivity contribution in [3.63, 3.8) is 0 Å². The molecule has 1 aromatic heterocycles. The molecule has 0 aliphatic heterocycles. The fourth-order valence-electron chi connectivity index (χ4n) is 1.06. The molecular formula is C9H4BrFN4S. The number of aromatic nitrogens is 2. The second-order valence-corrected chi connectivity index (χ2v) is 5.05. The number of hydrogen-bond donors (Lipinski definition) is 1. The lowest BCUT2D eigenvalue weighted by atomic mass is 10.2. The third kappa shape index (κ3) is 2.35. The summed E-state index contributed by atoms with van der Waals surface area (Å²) in [5, 5.41) is 19.3. The maximum atomic E-state index is 13.5. The van der Waals surface area contributed by atoms with Gasteiger partial charge in [0.25, 0.3) is 0 Å². The highest BCUT2D eigenvalue weighted by Crippen LogP contribution is 2.25. The van der Waals surface area contributed by atoms with E-state index in [1.165, 1.54) is 29.5 Å². The molecular weight excluding hydrogens is 295 g/mol. The van der Waals surface area contributed by atoms with E-state index in [4.69, 9.17) is 5.26 Å². The number of benzene rings is 1. The van der Waals surface area contributed by atoms with Crippen molar-refractivity contribution in [2.24, 2.45) is 0 Å². The van der Waals surface area contributed by atoms with Crippen molar-refractivity contribution in [2.75, 3.05) is 5.32 Å². The predicted molar refractivity (Wildman–Crippen MR) is 62.0 cm³/mol. The fraction of sp³-hybridized carbons (Fsp3) is 0. The average Bonchev–Trinajstić information content (AvgIpc) is 2.67. The molecule has 2 rings (SSSR count). The average molecular weight is 299 g/mol. The molecule has 1 N–H and O–H groups in total. The highest BCUT2D eigenvalue weighted by molar-refractivity contribution is 9.11. The van der Waals surface area contributed by atoms with Crippen LogP contribution >= 0.6 is 27.3 Å². The summed E-state index contributed by atoms with van der Waals surface area (Å²) in [7, 11) is 0. The van der Waals surface area contributed by atoms with E-state index in [0.717, 1.165) is 0 Å².